The third kappa shape index (κ3) is 4.22. The van der Waals surface area contributed by atoms with Crippen molar-refractivity contribution in [1.82, 2.24) is 10.3 Å². The summed E-state index contributed by atoms with van der Waals surface area (Å²) in [6, 6.07) is 0.583. The van der Waals surface area contributed by atoms with E-state index in [-0.39, 0.29) is 0 Å². The van der Waals surface area contributed by atoms with Gasteiger partial charge in [0, 0.05) is 17.5 Å². The summed E-state index contributed by atoms with van der Waals surface area (Å²) in [5.74, 6) is 0.808. The van der Waals surface area contributed by atoms with E-state index in [4.69, 9.17) is 0 Å². The molecule has 0 aliphatic rings. The second kappa shape index (κ2) is 6.36. The van der Waals surface area contributed by atoms with Gasteiger partial charge in [0.15, 0.2) is 0 Å². The number of aryl methyl sites for hydroxylation is 2. The number of nitrogens with zero attached hydrogens (tertiary/aromatic N) is 1. The van der Waals surface area contributed by atoms with E-state index >= 15 is 0 Å². The molecule has 2 atom stereocenters. The summed E-state index contributed by atoms with van der Waals surface area (Å²) in [5, 5.41) is 4.77. The molecule has 0 aliphatic heterocycles. The van der Waals surface area contributed by atoms with E-state index in [0.29, 0.717) is 6.04 Å². The first-order valence-electron chi connectivity index (χ1n) is 6.19. The average molecular weight is 240 g/mol. The summed E-state index contributed by atoms with van der Waals surface area (Å²) >= 11 is 1.81. The monoisotopic (exact) mass is 240 g/mol. The second-order valence-electron chi connectivity index (χ2n) is 4.78. The third-order valence-electron chi connectivity index (χ3n) is 3.13. The number of hydrogen-bond acceptors (Lipinski definition) is 3. The van der Waals surface area contributed by atoms with Crippen molar-refractivity contribution >= 4 is 11.3 Å². The quantitative estimate of drug-likeness (QED) is 0.820. The molecule has 0 saturated carbocycles. The fourth-order valence-corrected chi connectivity index (χ4v) is 2.61. The molecule has 0 radical (unpaired) electrons. The van der Waals surface area contributed by atoms with Crippen molar-refractivity contribution in [3.05, 3.63) is 15.6 Å². The smallest absolute Gasteiger partial charge is 0.107 e. The standard InChI is InChI=1S/C13H24N2S/c1-6-9(2)7-10(3)14-8-13-15-11(4)12(5)16-13/h9-10,14H,6-8H2,1-5H3. The van der Waals surface area contributed by atoms with E-state index in [1.165, 1.54) is 28.4 Å². The van der Waals surface area contributed by atoms with Crippen LogP contribution in [0.2, 0.25) is 0 Å². The molecular formula is C13H24N2S. The van der Waals surface area contributed by atoms with Gasteiger partial charge in [0.25, 0.3) is 0 Å². The highest BCUT2D eigenvalue weighted by Crippen LogP contribution is 2.16. The van der Waals surface area contributed by atoms with Crippen molar-refractivity contribution in [3.63, 3.8) is 0 Å². The first-order chi connectivity index (χ1) is 7.52. The SMILES string of the molecule is CCC(C)CC(C)NCc1nc(C)c(C)s1. The Labute approximate surface area is 103 Å². The molecule has 1 N–H and O–H groups in total. The van der Waals surface area contributed by atoms with Gasteiger partial charge in [0.1, 0.15) is 5.01 Å². The van der Waals surface area contributed by atoms with Crippen molar-refractivity contribution in [2.24, 2.45) is 5.92 Å². The van der Waals surface area contributed by atoms with Crippen molar-refractivity contribution in [2.45, 2.75) is 60.0 Å². The summed E-state index contributed by atoms with van der Waals surface area (Å²) in [7, 11) is 0. The molecule has 1 aromatic rings. The van der Waals surface area contributed by atoms with E-state index in [9.17, 15) is 0 Å². The number of thiazole rings is 1. The Hall–Kier alpha value is -0.410. The van der Waals surface area contributed by atoms with E-state index in [0.717, 1.165) is 12.5 Å². The van der Waals surface area contributed by atoms with Crippen molar-refractivity contribution in [2.75, 3.05) is 0 Å². The minimum Gasteiger partial charge on any atom is -0.308 e. The van der Waals surface area contributed by atoms with Gasteiger partial charge in [-0.3, -0.25) is 0 Å². The van der Waals surface area contributed by atoms with E-state index in [1.54, 1.807) is 0 Å². The van der Waals surface area contributed by atoms with Gasteiger partial charge in [-0.1, -0.05) is 20.3 Å². The molecule has 92 valence electrons. The van der Waals surface area contributed by atoms with Crippen LogP contribution in [0.5, 0.6) is 0 Å². The molecule has 16 heavy (non-hydrogen) atoms. The van der Waals surface area contributed by atoms with Gasteiger partial charge in [0.05, 0.1) is 5.69 Å². The van der Waals surface area contributed by atoms with Gasteiger partial charge in [-0.05, 0) is 33.1 Å². The van der Waals surface area contributed by atoms with Crippen LogP contribution >= 0.6 is 11.3 Å². The zero-order chi connectivity index (χ0) is 12.1. The minimum absolute atomic E-state index is 0.583. The van der Waals surface area contributed by atoms with Crippen LogP contribution in [0.3, 0.4) is 0 Å². The molecule has 1 aromatic heterocycles. The predicted octanol–water partition coefficient (Wildman–Crippen LogP) is 3.67. The Kier molecular flexibility index (Phi) is 5.42. The summed E-state index contributed by atoms with van der Waals surface area (Å²) in [6.45, 7) is 12.0. The minimum atomic E-state index is 0.583. The average Bonchev–Trinajstić information content (AvgIpc) is 2.55. The van der Waals surface area contributed by atoms with E-state index in [2.05, 4.69) is 44.9 Å². The van der Waals surface area contributed by atoms with Gasteiger partial charge in [0.2, 0.25) is 0 Å². The second-order valence-corrected chi connectivity index (χ2v) is 6.07. The summed E-state index contributed by atoms with van der Waals surface area (Å²) in [5.41, 5.74) is 1.18. The molecule has 0 saturated heterocycles. The van der Waals surface area contributed by atoms with E-state index in [1.807, 2.05) is 11.3 Å². The van der Waals surface area contributed by atoms with Gasteiger partial charge in [-0.15, -0.1) is 11.3 Å². The Morgan fingerprint density at radius 2 is 2.00 bits per heavy atom. The van der Waals surface area contributed by atoms with Gasteiger partial charge in [-0.2, -0.15) is 0 Å². The van der Waals surface area contributed by atoms with Crippen LogP contribution in [-0.4, -0.2) is 11.0 Å². The van der Waals surface area contributed by atoms with Crippen molar-refractivity contribution < 1.29 is 0 Å². The van der Waals surface area contributed by atoms with E-state index < -0.39 is 0 Å². The van der Waals surface area contributed by atoms with Crippen LogP contribution in [0.4, 0.5) is 0 Å². The molecule has 0 aromatic carbocycles. The lowest BCUT2D eigenvalue weighted by Crippen LogP contribution is -2.27. The highest BCUT2D eigenvalue weighted by atomic mass is 32.1. The molecule has 2 unspecified atom stereocenters. The summed E-state index contributed by atoms with van der Waals surface area (Å²) in [4.78, 5) is 5.88. The van der Waals surface area contributed by atoms with Gasteiger partial charge in [-0.25, -0.2) is 4.98 Å². The number of hydrogen-bond donors (Lipinski definition) is 1. The van der Waals surface area contributed by atoms with Gasteiger partial charge < -0.3 is 5.32 Å². The zero-order valence-corrected chi connectivity index (χ0v) is 11.9. The van der Waals surface area contributed by atoms with Crippen LogP contribution in [0.15, 0.2) is 0 Å². The van der Waals surface area contributed by atoms with Crippen LogP contribution in [-0.2, 0) is 6.54 Å². The van der Waals surface area contributed by atoms with Crippen LogP contribution in [0.1, 0.15) is 49.2 Å². The fourth-order valence-electron chi connectivity index (χ4n) is 1.73. The number of rotatable bonds is 6. The largest absolute Gasteiger partial charge is 0.308 e. The highest BCUT2D eigenvalue weighted by Gasteiger charge is 2.08. The van der Waals surface area contributed by atoms with Crippen LogP contribution in [0.25, 0.3) is 0 Å². The maximum Gasteiger partial charge on any atom is 0.107 e. The first kappa shape index (κ1) is 13.7. The topological polar surface area (TPSA) is 24.9 Å². The Balaban J connectivity index is 2.34. The zero-order valence-electron chi connectivity index (χ0n) is 11.1. The third-order valence-corrected chi connectivity index (χ3v) is 4.20. The molecular weight excluding hydrogens is 216 g/mol. The number of nitrogens with one attached hydrogen (secondary N) is 1. The van der Waals surface area contributed by atoms with Crippen molar-refractivity contribution in [1.29, 1.82) is 0 Å². The Morgan fingerprint density at radius 1 is 1.31 bits per heavy atom. The Morgan fingerprint density at radius 3 is 2.50 bits per heavy atom. The maximum absolute atomic E-state index is 4.54. The molecule has 0 fully saturated rings. The first-order valence-corrected chi connectivity index (χ1v) is 7.00. The van der Waals surface area contributed by atoms with Crippen molar-refractivity contribution in [3.8, 4) is 0 Å². The molecule has 1 rings (SSSR count). The van der Waals surface area contributed by atoms with Crippen LogP contribution in [0, 0.1) is 19.8 Å². The lowest BCUT2D eigenvalue weighted by atomic mass is 10.0. The molecule has 1 heterocycles. The predicted molar refractivity (Wildman–Crippen MR) is 72.0 cm³/mol. The maximum atomic E-state index is 4.54. The molecule has 3 heteroatoms. The Bertz CT molecular complexity index is 300. The normalized spacial score (nSPS) is 15.1. The molecule has 0 spiro atoms. The highest BCUT2D eigenvalue weighted by molar-refractivity contribution is 7.11. The molecule has 0 aliphatic carbocycles. The lowest BCUT2D eigenvalue weighted by Gasteiger charge is -2.16. The molecule has 0 bridgehead atoms. The van der Waals surface area contributed by atoms with Crippen LogP contribution < -0.4 is 5.32 Å². The summed E-state index contributed by atoms with van der Waals surface area (Å²) < 4.78 is 0. The van der Waals surface area contributed by atoms with Gasteiger partial charge >= 0.3 is 0 Å². The fraction of sp³-hybridized carbons (Fsp3) is 0.769. The molecule has 0 amide bonds. The summed E-state index contributed by atoms with van der Waals surface area (Å²) in [6.07, 6.45) is 2.52. The number of aromatic nitrogens is 1. The molecule has 2 nitrogen and oxygen atoms in total. The lowest BCUT2D eigenvalue weighted by molar-refractivity contribution is 0.412.